The summed E-state index contributed by atoms with van der Waals surface area (Å²) in [5.41, 5.74) is 0.903. The number of aromatic nitrogens is 2. The summed E-state index contributed by atoms with van der Waals surface area (Å²) < 4.78 is 15.2. The normalized spacial score (nSPS) is 10.4. The molecule has 0 amide bonds. The Kier molecular flexibility index (Phi) is 2.44. The van der Waals surface area contributed by atoms with Crippen LogP contribution in [0.5, 0.6) is 0 Å². The molecule has 5 heteroatoms. The largest absolute Gasteiger partial charge is 0.478 e. The zero-order chi connectivity index (χ0) is 11.7. The molecule has 0 fully saturated rings. The lowest BCUT2D eigenvalue weighted by atomic mass is 10.1. The summed E-state index contributed by atoms with van der Waals surface area (Å²) >= 11 is 0. The monoisotopic (exact) mass is 220 g/mol. The number of nitrogens with zero attached hydrogens (tertiary/aromatic N) is 2. The van der Waals surface area contributed by atoms with Gasteiger partial charge in [-0.3, -0.25) is 4.68 Å². The summed E-state index contributed by atoms with van der Waals surface area (Å²) in [4.78, 5) is 10.6. The van der Waals surface area contributed by atoms with Crippen molar-refractivity contribution in [3.8, 4) is 11.1 Å². The van der Waals surface area contributed by atoms with E-state index in [2.05, 4.69) is 5.10 Å². The molecule has 0 spiro atoms. The molecular formula is C11H9FN2O2. The van der Waals surface area contributed by atoms with Crippen LogP contribution in [0.3, 0.4) is 0 Å². The van der Waals surface area contributed by atoms with E-state index in [-0.39, 0.29) is 5.56 Å². The molecule has 0 saturated heterocycles. The molecule has 4 nitrogen and oxygen atoms in total. The van der Waals surface area contributed by atoms with E-state index in [0.29, 0.717) is 11.1 Å². The Morgan fingerprint density at radius 3 is 2.75 bits per heavy atom. The quantitative estimate of drug-likeness (QED) is 0.841. The molecule has 1 aromatic carbocycles. The van der Waals surface area contributed by atoms with Crippen molar-refractivity contribution in [2.24, 2.45) is 7.05 Å². The molecule has 1 aromatic heterocycles. The van der Waals surface area contributed by atoms with Gasteiger partial charge in [0.15, 0.2) is 0 Å². The molecule has 0 unspecified atom stereocenters. The summed E-state index contributed by atoms with van der Waals surface area (Å²) in [6.07, 6.45) is 3.19. The van der Waals surface area contributed by atoms with Crippen LogP contribution in [0.1, 0.15) is 10.4 Å². The van der Waals surface area contributed by atoms with Gasteiger partial charge in [0.05, 0.1) is 11.8 Å². The Morgan fingerprint density at radius 1 is 1.50 bits per heavy atom. The van der Waals surface area contributed by atoms with Crippen LogP contribution in [0.4, 0.5) is 4.39 Å². The topological polar surface area (TPSA) is 55.1 Å². The molecule has 16 heavy (non-hydrogen) atoms. The van der Waals surface area contributed by atoms with Crippen molar-refractivity contribution in [1.29, 1.82) is 0 Å². The molecule has 1 heterocycles. The van der Waals surface area contributed by atoms with Crippen LogP contribution in [0.15, 0.2) is 30.6 Å². The van der Waals surface area contributed by atoms with Gasteiger partial charge in [-0.25, -0.2) is 9.18 Å². The average Bonchev–Trinajstić information content (AvgIpc) is 2.64. The van der Waals surface area contributed by atoms with Crippen molar-refractivity contribution in [2.75, 3.05) is 0 Å². The highest BCUT2D eigenvalue weighted by Gasteiger charge is 2.10. The fourth-order valence-corrected chi connectivity index (χ4v) is 1.44. The van der Waals surface area contributed by atoms with Gasteiger partial charge in [-0.1, -0.05) is 6.07 Å². The van der Waals surface area contributed by atoms with Crippen LogP contribution >= 0.6 is 0 Å². The fraction of sp³-hybridized carbons (Fsp3) is 0.0909. The van der Waals surface area contributed by atoms with Crippen LogP contribution in [-0.2, 0) is 7.05 Å². The summed E-state index contributed by atoms with van der Waals surface area (Å²) in [5, 5.41) is 12.6. The third-order valence-corrected chi connectivity index (χ3v) is 2.23. The van der Waals surface area contributed by atoms with Crippen molar-refractivity contribution in [1.82, 2.24) is 9.78 Å². The van der Waals surface area contributed by atoms with Gasteiger partial charge < -0.3 is 5.11 Å². The summed E-state index contributed by atoms with van der Waals surface area (Å²) in [6, 6.07) is 3.81. The van der Waals surface area contributed by atoms with E-state index < -0.39 is 11.8 Å². The number of aryl methyl sites for hydroxylation is 1. The third kappa shape index (κ3) is 1.79. The number of hydrogen-bond donors (Lipinski definition) is 1. The van der Waals surface area contributed by atoms with Crippen LogP contribution in [0.2, 0.25) is 0 Å². The third-order valence-electron chi connectivity index (χ3n) is 2.23. The second-order valence-electron chi connectivity index (χ2n) is 3.40. The van der Waals surface area contributed by atoms with Gasteiger partial charge in [0.25, 0.3) is 0 Å². The maximum atomic E-state index is 13.6. The second-order valence-corrected chi connectivity index (χ2v) is 3.40. The molecule has 0 aliphatic carbocycles. The Bertz CT molecular complexity index is 549. The maximum Gasteiger partial charge on any atom is 0.335 e. The van der Waals surface area contributed by atoms with E-state index >= 15 is 0 Å². The molecule has 0 atom stereocenters. The molecule has 1 N–H and O–H groups in total. The van der Waals surface area contributed by atoms with Gasteiger partial charge in [-0.2, -0.15) is 5.10 Å². The van der Waals surface area contributed by atoms with E-state index in [1.54, 1.807) is 17.9 Å². The lowest BCUT2D eigenvalue weighted by Gasteiger charge is -2.01. The van der Waals surface area contributed by atoms with Crippen molar-refractivity contribution >= 4 is 5.97 Å². The number of hydrogen-bond acceptors (Lipinski definition) is 2. The molecule has 0 aliphatic heterocycles. The lowest BCUT2D eigenvalue weighted by Crippen LogP contribution is -1.97. The molecule has 2 rings (SSSR count). The number of carboxylic acid groups (broad SMARTS) is 1. The first-order valence-electron chi connectivity index (χ1n) is 4.60. The Hall–Kier alpha value is -2.17. The van der Waals surface area contributed by atoms with Gasteiger partial charge >= 0.3 is 5.97 Å². The number of aromatic carboxylic acids is 1. The minimum atomic E-state index is -1.14. The number of halogens is 1. The first-order valence-corrected chi connectivity index (χ1v) is 4.60. The molecule has 0 aliphatic rings. The number of carboxylic acids is 1. The van der Waals surface area contributed by atoms with Crippen LogP contribution in [-0.4, -0.2) is 20.9 Å². The summed E-state index contributed by atoms with van der Waals surface area (Å²) in [5.74, 6) is -1.70. The summed E-state index contributed by atoms with van der Waals surface area (Å²) in [7, 11) is 1.73. The van der Waals surface area contributed by atoms with Crippen molar-refractivity contribution < 1.29 is 14.3 Å². The Balaban J connectivity index is 2.47. The van der Waals surface area contributed by atoms with Gasteiger partial charge in [0.2, 0.25) is 0 Å². The average molecular weight is 220 g/mol. The molecule has 0 saturated carbocycles. The fourth-order valence-electron chi connectivity index (χ4n) is 1.44. The van der Waals surface area contributed by atoms with Gasteiger partial charge in [-0.05, 0) is 12.1 Å². The van der Waals surface area contributed by atoms with Gasteiger partial charge in [0.1, 0.15) is 5.82 Å². The minimum absolute atomic E-state index is 0.0647. The Labute approximate surface area is 90.9 Å². The van der Waals surface area contributed by atoms with E-state index in [0.717, 1.165) is 6.07 Å². The van der Waals surface area contributed by atoms with Crippen molar-refractivity contribution in [3.63, 3.8) is 0 Å². The van der Waals surface area contributed by atoms with Gasteiger partial charge in [0, 0.05) is 24.4 Å². The lowest BCUT2D eigenvalue weighted by molar-refractivity contribution is 0.0696. The molecule has 0 bridgehead atoms. The molecule has 0 radical (unpaired) electrons. The van der Waals surface area contributed by atoms with E-state index in [4.69, 9.17) is 5.11 Å². The predicted octanol–water partition coefficient (Wildman–Crippen LogP) is 1.92. The van der Waals surface area contributed by atoms with Crippen LogP contribution in [0, 0.1) is 5.82 Å². The van der Waals surface area contributed by atoms with E-state index in [1.165, 1.54) is 18.3 Å². The van der Waals surface area contributed by atoms with Crippen LogP contribution in [0.25, 0.3) is 11.1 Å². The molecular weight excluding hydrogens is 211 g/mol. The molecule has 2 aromatic rings. The van der Waals surface area contributed by atoms with Crippen LogP contribution < -0.4 is 0 Å². The first-order chi connectivity index (χ1) is 7.58. The highest BCUT2D eigenvalue weighted by molar-refractivity contribution is 5.88. The van der Waals surface area contributed by atoms with Crippen molar-refractivity contribution in [2.45, 2.75) is 0 Å². The smallest absolute Gasteiger partial charge is 0.335 e. The summed E-state index contributed by atoms with van der Waals surface area (Å²) in [6.45, 7) is 0. The highest BCUT2D eigenvalue weighted by atomic mass is 19.1. The highest BCUT2D eigenvalue weighted by Crippen LogP contribution is 2.22. The Morgan fingerprint density at radius 2 is 2.25 bits per heavy atom. The number of rotatable bonds is 2. The number of carbonyl (C=O) groups is 1. The number of benzene rings is 1. The molecule has 82 valence electrons. The van der Waals surface area contributed by atoms with E-state index in [1.807, 2.05) is 0 Å². The second kappa shape index (κ2) is 3.77. The standard InChI is InChI=1S/C11H9FN2O2/c1-14-6-8(5-13-14)9-3-2-7(11(15)16)4-10(9)12/h2-6H,1H3,(H,15,16). The van der Waals surface area contributed by atoms with E-state index in [9.17, 15) is 9.18 Å². The van der Waals surface area contributed by atoms with Gasteiger partial charge in [-0.15, -0.1) is 0 Å². The maximum absolute atomic E-state index is 13.6. The SMILES string of the molecule is Cn1cc(-c2ccc(C(=O)O)cc2F)cn1. The predicted molar refractivity (Wildman–Crippen MR) is 55.6 cm³/mol. The first kappa shape index (κ1) is 10.4. The zero-order valence-electron chi connectivity index (χ0n) is 8.51. The zero-order valence-corrected chi connectivity index (χ0v) is 8.51. The minimum Gasteiger partial charge on any atom is -0.478 e. The van der Waals surface area contributed by atoms with Crippen molar-refractivity contribution in [3.05, 3.63) is 42.0 Å².